The van der Waals surface area contributed by atoms with Crippen molar-refractivity contribution < 1.29 is 9.21 Å². The molecule has 6 rings (SSSR count). The highest BCUT2D eigenvalue weighted by Gasteiger charge is 2.38. The summed E-state index contributed by atoms with van der Waals surface area (Å²) in [5.41, 5.74) is 5.07. The van der Waals surface area contributed by atoms with Gasteiger partial charge in [-0.15, -0.1) is 10.2 Å². The fraction of sp³-hybridized carbons (Fsp3) is 0.261. The molecule has 170 valence electrons. The summed E-state index contributed by atoms with van der Waals surface area (Å²) in [6.07, 6.45) is 8.77. The first-order valence-corrected chi connectivity index (χ1v) is 11.0. The molecule has 0 fully saturated rings. The summed E-state index contributed by atoms with van der Waals surface area (Å²) in [5, 5.41) is 12.8. The zero-order valence-electron chi connectivity index (χ0n) is 18.6. The van der Waals surface area contributed by atoms with Crippen LogP contribution in [0.2, 0.25) is 0 Å². The van der Waals surface area contributed by atoms with Gasteiger partial charge in [0.25, 0.3) is 5.89 Å². The molecule has 11 heteroatoms. The van der Waals surface area contributed by atoms with E-state index in [1.54, 1.807) is 17.4 Å². The second-order valence-corrected chi connectivity index (χ2v) is 8.44. The maximum atomic E-state index is 13.6. The third kappa shape index (κ3) is 3.24. The summed E-state index contributed by atoms with van der Waals surface area (Å²) in [4.78, 5) is 31.2. The molecule has 0 bridgehead atoms. The van der Waals surface area contributed by atoms with Crippen LogP contribution in [0.3, 0.4) is 0 Å². The highest BCUT2D eigenvalue weighted by atomic mass is 16.4. The Morgan fingerprint density at radius 2 is 2.15 bits per heavy atom. The molecule has 0 radical (unpaired) electrons. The molecular formula is C23H21N9O2. The van der Waals surface area contributed by atoms with Crippen molar-refractivity contribution >= 4 is 11.4 Å². The molecule has 0 saturated carbocycles. The molecule has 0 aromatic carbocycles. The number of hydrogen-bond donors (Lipinski definition) is 1. The number of carbonyl (C=O) groups is 1. The van der Waals surface area contributed by atoms with Crippen LogP contribution in [0.25, 0.3) is 17.1 Å². The average molecular weight is 455 g/mol. The van der Waals surface area contributed by atoms with Gasteiger partial charge in [0, 0.05) is 37.3 Å². The van der Waals surface area contributed by atoms with Gasteiger partial charge in [0.05, 0.1) is 29.4 Å². The standard InChI is InChI=1S/C23H21N9O2/c1-13(2)14-4-3-8-32-18(14)10-16(30-32)20-19-15(26-12-27-19)5-9-31(20)23(33)22-29-28-21(34-22)17-11-24-6-7-25-17/h3-4,6-8,10-13,20H,5,9H2,1-2H3,(H,26,27)/t20-/m1/s1. The van der Waals surface area contributed by atoms with Crippen LogP contribution in [0.4, 0.5) is 0 Å². The molecule has 11 nitrogen and oxygen atoms in total. The third-order valence-corrected chi connectivity index (χ3v) is 6.03. The number of hydrogen-bond acceptors (Lipinski definition) is 8. The first-order chi connectivity index (χ1) is 16.6. The summed E-state index contributed by atoms with van der Waals surface area (Å²) in [5.74, 6) is -0.0327. The minimum atomic E-state index is -0.491. The van der Waals surface area contributed by atoms with E-state index in [1.807, 2.05) is 22.8 Å². The van der Waals surface area contributed by atoms with Crippen molar-refractivity contribution in [3.8, 4) is 11.6 Å². The quantitative estimate of drug-likeness (QED) is 0.438. The lowest BCUT2D eigenvalue weighted by molar-refractivity contribution is 0.0646. The Kier molecular flexibility index (Phi) is 4.68. The van der Waals surface area contributed by atoms with E-state index >= 15 is 0 Å². The molecule has 6 heterocycles. The van der Waals surface area contributed by atoms with Crippen molar-refractivity contribution in [3.63, 3.8) is 0 Å². The Morgan fingerprint density at radius 1 is 1.24 bits per heavy atom. The summed E-state index contributed by atoms with van der Waals surface area (Å²) in [7, 11) is 0. The number of aromatic nitrogens is 8. The Balaban J connectivity index is 1.42. The normalized spacial score (nSPS) is 15.7. The van der Waals surface area contributed by atoms with E-state index in [-0.39, 0.29) is 17.7 Å². The largest absolute Gasteiger partial charge is 0.411 e. The van der Waals surface area contributed by atoms with E-state index in [1.165, 1.54) is 18.0 Å². The minimum absolute atomic E-state index is 0.115. The van der Waals surface area contributed by atoms with E-state index in [2.05, 4.69) is 50.0 Å². The first kappa shape index (κ1) is 20.2. The van der Waals surface area contributed by atoms with Gasteiger partial charge in [-0.05, 0) is 23.6 Å². The van der Waals surface area contributed by atoms with Crippen LogP contribution < -0.4 is 0 Å². The van der Waals surface area contributed by atoms with Crippen LogP contribution in [0.1, 0.15) is 59.1 Å². The van der Waals surface area contributed by atoms with Gasteiger partial charge in [-0.2, -0.15) is 5.10 Å². The van der Waals surface area contributed by atoms with Crippen molar-refractivity contribution in [1.29, 1.82) is 0 Å². The van der Waals surface area contributed by atoms with Gasteiger partial charge in [-0.1, -0.05) is 19.9 Å². The topological polar surface area (TPSA) is 131 Å². The Hall–Kier alpha value is -4.41. The van der Waals surface area contributed by atoms with Crippen LogP contribution in [0.15, 0.2) is 53.7 Å². The maximum Gasteiger partial charge on any atom is 0.312 e. The van der Waals surface area contributed by atoms with Crippen LogP contribution in [-0.2, 0) is 6.42 Å². The predicted octanol–water partition coefficient (Wildman–Crippen LogP) is 2.81. The average Bonchev–Trinajstić information content (AvgIpc) is 3.62. The fourth-order valence-electron chi connectivity index (χ4n) is 4.42. The molecule has 1 N–H and O–H groups in total. The van der Waals surface area contributed by atoms with E-state index in [4.69, 9.17) is 9.52 Å². The fourth-order valence-corrected chi connectivity index (χ4v) is 4.42. The van der Waals surface area contributed by atoms with Gasteiger partial charge >= 0.3 is 11.8 Å². The second kappa shape index (κ2) is 7.87. The SMILES string of the molecule is CC(C)c1cccn2nc([C@@H]3c4nc[nH]c4CCN3C(=O)c3nnc(-c4cnccn4)o3)cc12. The van der Waals surface area contributed by atoms with E-state index in [9.17, 15) is 4.79 Å². The first-order valence-electron chi connectivity index (χ1n) is 11.0. The van der Waals surface area contributed by atoms with Gasteiger partial charge in [-0.25, -0.2) is 14.5 Å². The van der Waals surface area contributed by atoms with Crippen LogP contribution >= 0.6 is 0 Å². The second-order valence-electron chi connectivity index (χ2n) is 8.44. The summed E-state index contributed by atoms with van der Waals surface area (Å²) < 4.78 is 7.53. The molecule has 1 amide bonds. The monoisotopic (exact) mass is 455 g/mol. The molecule has 1 atom stereocenters. The van der Waals surface area contributed by atoms with Crippen molar-refractivity contribution in [1.82, 2.24) is 44.6 Å². The molecule has 1 aliphatic heterocycles. The lowest BCUT2D eigenvalue weighted by Crippen LogP contribution is -2.41. The Bertz CT molecular complexity index is 1480. The van der Waals surface area contributed by atoms with Gasteiger partial charge in [0.15, 0.2) is 0 Å². The number of pyridine rings is 1. The van der Waals surface area contributed by atoms with Crippen molar-refractivity contribution in [2.45, 2.75) is 32.2 Å². The molecule has 1 aliphatic rings. The van der Waals surface area contributed by atoms with Gasteiger partial charge in [0.2, 0.25) is 0 Å². The number of rotatable bonds is 4. The van der Waals surface area contributed by atoms with Gasteiger partial charge < -0.3 is 14.3 Å². The zero-order chi connectivity index (χ0) is 23.2. The number of carbonyl (C=O) groups excluding carboxylic acids is 1. The minimum Gasteiger partial charge on any atom is -0.411 e. The number of aromatic amines is 1. The number of H-pyrrole nitrogens is 1. The highest BCUT2D eigenvalue weighted by Crippen LogP contribution is 2.35. The van der Waals surface area contributed by atoms with Crippen LogP contribution in [0, 0.1) is 0 Å². The molecule has 0 spiro atoms. The van der Waals surface area contributed by atoms with E-state index < -0.39 is 6.04 Å². The van der Waals surface area contributed by atoms with E-state index in [0.29, 0.717) is 24.6 Å². The smallest absolute Gasteiger partial charge is 0.312 e. The number of fused-ring (bicyclic) bond motifs is 2. The number of nitrogens with one attached hydrogen (secondary N) is 1. The summed E-state index contributed by atoms with van der Waals surface area (Å²) in [6, 6.07) is 5.62. The molecule has 5 aromatic rings. The van der Waals surface area contributed by atoms with Gasteiger partial charge in [-0.3, -0.25) is 9.78 Å². The van der Waals surface area contributed by atoms with Crippen molar-refractivity contribution in [2.75, 3.05) is 6.54 Å². The van der Waals surface area contributed by atoms with Gasteiger partial charge in [0.1, 0.15) is 11.7 Å². The Labute approximate surface area is 193 Å². The molecule has 5 aromatic heterocycles. The number of nitrogens with zero attached hydrogens (tertiary/aromatic N) is 8. The molecule has 0 saturated heterocycles. The zero-order valence-corrected chi connectivity index (χ0v) is 18.6. The lowest BCUT2D eigenvalue weighted by Gasteiger charge is -2.32. The lowest BCUT2D eigenvalue weighted by atomic mass is 9.98. The predicted molar refractivity (Wildman–Crippen MR) is 120 cm³/mol. The third-order valence-electron chi connectivity index (χ3n) is 6.03. The Morgan fingerprint density at radius 3 is 2.97 bits per heavy atom. The van der Waals surface area contributed by atoms with E-state index in [0.717, 1.165) is 22.6 Å². The van der Waals surface area contributed by atoms with Crippen LogP contribution in [0.5, 0.6) is 0 Å². The molecule has 34 heavy (non-hydrogen) atoms. The molecular weight excluding hydrogens is 434 g/mol. The maximum absolute atomic E-state index is 13.6. The van der Waals surface area contributed by atoms with Crippen LogP contribution in [-0.4, -0.2) is 57.1 Å². The molecule has 0 unspecified atom stereocenters. The highest BCUT2D eigenvalue weighted by molar-refractivity contribution is 5.90. The summed E-state index contributed by atoms with van der Waals surface area (Å²) >= 11 is 0. The number of imidazole rings is 1. The number of amides is 1. The van der Waals surface area contributed by atoms with Crippen molar-refractivity contribution in [3.05, 3.63) is 77.8 Å². The van der Waals surface area contributed by atoms with Crippen molar-refractivity contribution in [2.24, 2.45) is 0 Å². The summed E-state index contributed by atoms with van der Waals surface area (Å²) in [6.45, 7) is 4.75. The molecule has 0 aliphatic carbocycles.